The zero-order valence-corrected chi connectivity index (χ0v) is 18.6. The first-order valence-corrected chi connectivity index (χ1v) is 11.8. The summed E-state index contributed by atoms with van der Waals surface area (Å²) in [4.78, 5) is 30.8. The van der Waals surface area contributed by atoms with Gasteiger partial charge in [-0.3, -0.25) is 9.59 Å². The molecular formula is C22H26N4O4S. The number of carbonyl (C=O) groups excluding carboxylic acids is 2. The van der Waals surface area contributed by atoms with E-state index in [0.29, 0.717) is 25.1 Å². The molecule has 0 bridgehead atoms. The summed E-state index contributed by atoms with van der Waals surface area (Å²) in [5, 5.41) is 2.74. The van der Waals surface area contributed by atoms with Crippen LogP contribution in [0.1, 0.15) is 37.8 Å². The van der Waals surface area contributed by atoms with E-state index < -0.39 is 16.1 Å². The normalized spacial score (nSPS) is 21.2. The van der Waals surface area contributed by atoms with Crippen molar-refractivity contribution in [3.63, 3.8) is 0 Å². The van der Waals surface area contributed by atoms with Gasteiger partial charge in [0, 0.05) is 31.4 Å². The SMILES string of the molecule is CC(=O)N1c2ccc(S(=O)(=O)N3CCC[C@H]3C(=O)Nc3cc(C)ccn3)cc2C[C@H]1C. The molecule has 2 amide bonds. The Morgan fingerprint density at radius 1 is 1.19 bits per heavy atom. The highest BCUT2D eigenvalue weighted by Crippen LogP contribution is 2.35. The molecule has 0 radical (unpaired) electrons. The molecule has 1 fully saturated rings. The number of nitrogens with one attached hydrogen (secondary N) is 1. The highest BCUT2D eigenvalue weighted by molar-refractivity contribution is 7.89. The first-order valence-electron chi connectivity index (χ1n) is 10.4. The van der Waals surface area contributed by atoms with Gasteiger partial charge in [-0.05, 0) is 74.6 Å². The van der Waals surface area contributed by atoms with Crippen LogP contribution in [0.5, 0.6) is 0 Å². The maximum absolute atomic E-state index is 13.4. The van der Waals surface area contributed by atoms with E-state index in [1.807, 2.05) is 19.9 Å². The average Bonchev–Trinajstić information content (AvgIpc) is 3.31. The van der Waals surface area contributed by atoms with Gasteiger partial charge in [-0.1, -0.05) is 0 Å². The third-order valence-corrected chi connectivity index (χ3v) is 7.79. The summed E-state index contributed by atoms with van der Waals surface area (Å²) in [5.74, 6) is -0.0373. The van der Waals surface area contributed by atoms with Gasteiger partial charge in [0.25, 0.3) is 0 Å². The van der Waals surface area contributed by atoms with E-state index in [1.54, 1.807) is 29.3 Å². The van der Waals surface area contributed by atoms with Crippen LogP contribution in [-0.2, 0) is 26.0 Å². The molecule has 2 aliphatic rings. The summed E-state index contributed by atoms with van der Waals surface area (Å²) >= 11 is 0. The number of anilines is 2. The fourth-order valence-corrected chi connectivity index (χ4v) is 6.19. The van der Waals surface area contributed by atoms with Crippen LogP contribution in [0.25, 0.3) is 0 Å². The number of benzene rings is 1. The Labute approximate surface area is 182 Å². The van der Waals surface area contributed by atoms with Gasteiger partial charge >= 0.3 is 0 Å². The molecule has 9 heteroatoms. The van der Waals surface area contributed by atoms with Crippen LogP contribution < -0.4 is 10.2 Å². The molecule has 4 rings (SSSR count). The van der Waals surface area contributed by atoms with Crippen LogP contribution in [0.3, 0.4) is 0 Å². The second-order valence-electron chi connectivity index (χ2n) is 8.21. The molecule has 0 saturated carbocycles. The minimum absolute atomic E-state index is 0.0161. The number of aryl methyl sites for hydroxylation is 1. The molecular weight excluding hydrogens is 416 g/mol. The number of hydrogen-bond acceptors (Lipinski definition) is 5. The number of nitrogens with zero attached hydrogens (tertiary/aromatic N) is 3. The molecule has 0 spiro atoms. The summed E-state index contributed by atoms with van der Waals surface area (Å²) in [7, 11) is -3.86. The van der Waals surface area contributed by atoms with E-state index in [1.165, 1.54) is 17.3 Å². The number of aromatic nitrogens is 1. The lowest BCUT2D eigenvalue weighted by atomic mass is 10.1. The third kappa shape index (κ3) is 3.95. The molecule has 1 N–H and O–H groups in total. The molecule has 3 heterocycles. The minimum atomic E-state index is -3.86. The zero-order valence-electron chi connectivity index (χ0n) is 17.8. The number of carbonyl (C=O) groups is 2. The van der Waals surface area contributed by atoms with E-state index in [-0.39, 0.29) is 29.3 Å². The molecule has 1 aromatic heterocycles. The first kappa shape index (κ1) is 21.5. The third-order valence-electron chi connectivity index (χ3n) is 5.89. The van der Waals surface area contributed by atoms with Crippen LogP contribution in [0.4, 0.5) is 11.5 Å². The topological polar surface area (TPSA) is 99.7 Å². The summed E-state index contributed by atoms with van der Waals surface area (Å²) in [6, 6.07) is 7.62. The summed E-state index contributed by atoms with van der Waals surface area (Å²) in [5.41, 5.74) is 2.53. The molecule has 2 atom stereocenters. The predicted molar refractivity (Wildman–Crippen MR) is 117 cm³/mol. The second kappa shape index (κ2) is 8.05. The van der Waals surface area contributed by atoms with Crippen molar-refractivity contribution in [2.75, 3.05) is 16.8 Å². The number of hydrogen-bond donors (Lipinski definition) is 1. The Morgan fingerprint density at radius 2 is 1.97 bits per heavy atom. The minimum Gasteiger partial charge on any atom is -0.309 e. The molecule has 8 nitrogen and oxygen atoms in total. The highest BCUT2D eigenvalue weighted by atomic mass is 32.2. The first-order chi connectivity index (χ1) is 14.7. The maximum Gasteiger partial charge on any atom is 0.243 e. The van der Waals surface area contributed by atoms with Gasteiger partial charge in [0.1, 0.15) is 11.9 Å². The molecule has 31 heavy (non-hydrogen) atoms. The molecule has 2 aliphatic heterocycles. The molecule has 2 aromatic rings. The summed E-state index contributed by atoms with van der Waals surface area (Å²) < 4.78 is 28.1. The van der Waals surface area contributed by atoms with Gasteiger partial charge in [-0.25, -0.2) is 13.4 Å². The number of pyridine rings is 1. The van der Waals surface area contributed by atoms with Crippen LogP contribution in [0.2, 0.25) is 0 Å². The lowest BCUT2D eigenvalue weighted by Crippen LogP contribution is -2.43. The molecule has 1 saturated heterocycles. The smallest absolute Gasteiger partial charge is 0.243 e. The number of rotatable bonds is 4. The predicted octanol–water partition coefficient (Wildman–Crippen LogP) is 2.48. The Morgan fingerprint density at radius 3 is 2.68 bits per heavy atom. The fraction of sp³-hybridized carbons (Fsp3) is 0.409. The number of sulfonamides is 1. The Balaban J connectivity index is 1.59. The molecule has 1 aromatic carbocycles. The van der Waals surface area contributed by atoms with Crippen LogP contribution >= 0.6 is 0 Å². The van der Waals surface area contributed by atoms with Crippen LogP contribution in [-0.4, -0.2) is 48.1 Å². The van der Waals surface area contributed by atoms with Gasteiger partial charge in [0.15, 0.2) is 0 Å². The van der Waals surface area contributed by atoms with E-state index >= 15 is 0 Å². The number of fused-ring (bicyclic) bond motifs is 1. The van der Waals surface area contributed by atoms with Gasteiger partial charge in [-0.2, -0.15) is 4.31 Å². The lowest BCUT2D eigenvalue weighted by molar-refractivity contribution is -0.119. The van der Waals surface area contributed by atoms with Gasteiger partial charge < -0.3 is 10.2 Å². The standard InChI is InChI=1S/C22H26N4O4S/c1-14-8-9-23-21(11-14)24-22(28)20-5-4-10-25(20)31(29,30)18-6-7-19-17(13-18)12-15(2)26(19)16(3)27/h6-9,11,13,15,20H,4-5,10,12H2,1-3H3,(H,23,24,28)/t15-,20+/m1/s1. The van der Waals surface area contributed by atoms with Gasteiger partial charge in [0.2, 0.25) is 21.8 Å². The lowest BCUT2D eigenvalue weighted by Gasteiger charge is -2.24. The molecule has 0 aliphatic carbocycles. The number of amides is 2. The van der Waals surface area contributed by atoms with Crippen molar-refractivity contribution < 1.29 is 18.0 Å². The van der Waals surface area contributed by atoms with E-state index in [0.717, 1.165) is 16.8 Å². The van der Waals surface area contributed by atoms with Crippen molar-refractivity contribution in [2.45, 2.75) is 57.0 Å². The highest BCUT2D eigenvalue weighted by Gasteiger charge is 2.40. The van der Waals surface area contributed by atoms with Crippen molar-refractivity contribution in [1.82, 2.24) is 9.29 Å². The van der Waals surface area contributed by atoms with Gasteiger partial charge in [-0.15, -0.1) is 0 Å². The van der Waals surface area contributed by atoms with Crippen LogP contribution in [0.15, 0.2) is 41.4 Å². The quantitative estimate of drug-likeness (QED) is 0.784. The Bertz CT molecular complexity index is 1150. The van der Waals surface area contributed by atoms with Crippen molar-refractivity contribution in [2.24, 2.45) is 0 Å². The van der Waals surface area contributed by atoms with Crippen molar-refractivity contribution in [3.05, 3.63) is 47.7 Å². The average molecular weight is 443 g/mol. The largest absolute Gasteiger partial charge is 0.309 e. The van der Waals surface area contributed by atoms with E-state index in [9.17, 15) is 18.0 Å². The van der Waals surface area contributed by atoms with Crippen molar-refractivity contribution >= 4 is 33.3 Å². The monoisotopic (exact) mass is 442 g/mol. The molecule has 0 unspecified atom stereocenters. The Kier molecular flexibility index (Phi) is 5.57. The second-order valence-corrected chi connectivity index (χ2v) is 10.1. The molecule has 164 valence electrons. The van der Waals surface area contributed by atoms with Crippen molar-refractivity contribution in [1.29, 1.82) is 0 Å². The van der Waals surface area contributed by atoms with E-state index in [2.05, 4.69) is 10.3 Å². The Hall–Kier alpha value is -2.78. The van der Waals surface area contributed by atoms with Crippen molar-refractivity contribution in [3.8, 4) is 0 Å². The summed E-state index contributed by atoms with van der Waals surface area (Å²) in [6.07, 6.45) is 3.26. The van der Waals surface area contributed by atoms with Crippen LogP contribution in [0, 0.1) is 6.92 Å². The van der Waals surface area contributed by atoms with Gasteiger partial charge in [0.05, 0.1) is 4.90 Å². The van der Waals surface area contributed by atoms with E-state index in [4.69, 9.17) is 0 Å². The fourth-order valence-electron chi connectivity index (χ4n) is 4.49. The summed E-state index contributed by atoms with van der Waals surface area (Å²) in [6.45, 7) is 5.63. The zero-order chi connectivity index (χ0) is 22.3. The maximum atomic E-state index is 13.4.